The average Bonchev–Trinajstić information content (AvgIpc) is 2.82. The van der Waals surface area contributed by atoms with Crippen LogP contribution in [-0.4, -0.2) is 23.1 Å². The number of nitrogens with zero attached hydrogens (tertiary/aromatic N) is 2. The summed E-state index contributed by atoms with van der Waals surface area (Å²) in [6, 6.07) is 5.09. The number of benzene rings is 1. The van der Waals surface area contributed by atoms with E-state index in [1.165, 1.54) is 4.88 Å². The zero-order valence-electron chi connectivity index (χ0n) is 12.1. The molecule has 21 heavy (non-hydrogen) atoms. The number of aromatic nitrogens is 1. The lowest BCUT2D eigenvalue weighted by atomic mass is 10.2. The molecule has 0 fully saturated rings. The van der Waals surface area contributed by atoms with Crippen LogP contribution in [0.5, 0.6) is 11.5 Å². The van der Waals surface area contributed by atoms with Gasteiger partial charge >= 0.3 is 0 Å². The van der Waals surface area contributed by atoms with Gasteiger partial charge in [0.2, 0.25) is 0 Å². The minimum atomic E-state index is -0.000289. The van der Waals surface area contributed by atoms with Crippen LogP contribution < -0.4 is 15.2 Å². The first-order chi connectivity index (χ1) is 10.0. The third-order valence-corrected chi connectivity index (χ3v) is 4.00. The second-order valence-electron chi connectivity index (χ2n) is 4.42. The highest BCUT2D eigenvalue weighted by molar-refractivity contribution is 7.11. The summed E-state index contributed by atoms with van der Waals surface area (Å²) >= 11 is 1.60. The summed E-state index contributed by atoms with van der Waals surface area (Å²) in [5.74, 6) is 1.14. The van der Waals surface area contributed by atoms with E-state index in [2.05, 4.69) is 10.1 Å². The van der Waals surface area contributed by atoms with Gasteiger partial charge < -0.3 is 20.4 Å². The van der Waals surface area contributed by atoms with Crippen molar-refractivity contribution in [1.29, 1.82) is 0 Å². The quantitative estimate of drug-likeness (QED) is 0.383. The van der Waals surface area contributed by atoms with Crippen LogP contribution in [0.2, 0.25) is 0 Å². The molecule has 0 saturated heterocycles. The fourth-order valence-electron chi connectivity index (χ4n) is 1.72. The van der Waals surface area contributed by atoms with E-state index < -0.39 is 0 Å². The molecule has 7 heteroatoms. The van der Waals surface area contributed by atoms with Gasteiger partial charge in [0.15, 0.2) is 5.84 Å². The van der Waals surface area contributed by atoms with Crippen LogP contribution in [0, 0.1) is 13.8 Å². The maximum atomic E-state index is 8.76. The van der Waals surface area contributed by atoms with Gasteiger partial charge in [-0.1, -0.05) is 5.16 Å². The van der Waals surface area contributed by atoms with E-state index in [1.807, 2.05) is 13.8 Å². The fraction of sp³-hybridized carbons (Fsp3) is 0.286. The number of nitrogens with two attached hydrogens (primary N) is 1. The lowest BCUT2D eigenvalue weighted by Crippen LogP contribution is -2.13. The van der Waals surface area contributed by atoms with Crippen molar-refractivity contribution >= 4 is 17.2 Å². The molecule has 112 valence electrons. The second-order valence-corrected chi connectivity index (χ2v) is 5.71. The highest BCUT2D eigenvalue weighted by Gasteiger charge is 2.08. The van der Waals surface area contributed by atoms with Crippen molar-refractivity contribution in [3.05, 3.63) is 39.3 Å². The molecule has 0 aliphatic carbocycles. The molecule has 0 saturated carbocycles. The van der Waals surface area contributed by atoms with E-state index >= 15 is 0 Å². The monoisotopic (exact) mass is 307 g/mol. The van der Waals surface area contributed by atoms with Gasteiger partial charge in [-0.2, -0.15) is 0 Å². The molecule has 0 spiro atoms. The number of rotatable bonds is 5. The minimum Gasteiger partial charge on any atom is -0.497 e. The zero-order chi connectivity index (χ0) is 15.4. The van der Waals surface area contributed by atoms with Gasteiger partial charge in [-0.15, -0.1) is 11.3 Å². The lowest BCUT2D eigenvalue weighted by molar-refractivity contribution is 0.302. The first-order valence-electron chi connectivity index (χ1n) is 6.26. The number of methoxy groups -OCH3 is 1. The largest absolute Gasteiger partial charge is 0.497 e. The summed E-state index contributed by atoms with van der Waals surface area (Å²) in [5, 5.41) is 12.6. The Balaban J connectivity index is 2.19. The van der Waals surface area contributed by atoms with Crippen molar-refractivity contribution in [2.75, 3.05) is 7.11 Å². The Kier molecular flexibility index (Phi) is 4.64. The zero-order valence-corrected chi connectivity index (χ0v) is 12.9. The van der Waals surface area contributed by atoms with Crippen LogP contribution in [0.15, 0.2) is 23.4 Å². The molecule has 0 amide bonds. The Labute approximate surface area is 126 Å². The highest BCUT2D eigenvalue weighted by atomic mass is 32.1. The fourth-order valence-corrected chi connectivity index (χ4v) is 2.57. The number of hydrogen-bond donors (Lipinski definition) is 2. The van der Waals surface area contributed by atoms with Crippen LogP contribution in [0.4, 0.5) is 0 Å². The predicted octanol–water partition coefficient (Wildman–Crippen LogP) is 2.44. The summed E-state index contributed by atoms with van der Waals surface area (Å²) in [5.41, 5.74) is 7.14. The predicted molar refractivity (Wildman–Crippen MR) is 81.4 cm³/mol. The smallest absolute Gasteiger partial charge is 0.170 e. The molecule has 2 rings (SSSR count). The number of thiazole rings is 1. The molecule has 0 unspecified atom stereocenters. The standard InChI is InChI=1S/C14H17N3O3S/c1-8-9(2)21-13(16-8)7-20-12-5-10(14(15)17-18)4-11(6-12)19-3/h4-6,18H,7H2,1-3H3,(H2,15,17). The van der Waals surface area contributed by atoms with Gasteiger partial charge in [-0.05, 0) is 26.0 Å². The number of oxime groups is 1. The Morgan fingerprint density at radius 2 is 2.05 bits per heavy atom. The summed E-state index contributed by atoms with van der Waals surface area (Å²) < 4.78 is 10.9. The van der Waals surface area contributed by atoms with E-state index in [0.717, 1.165) is 10.7 Å². The van der Waals surface area contributed by atoms with E-state index in [0.29, 0.717) is 23.7 Å². The maximum absolute atomic E-state index is 8.76. The molecule has 0 bridgehead atoms. The summed E-state index contributed by atoms with van der Waals surface area (Å²) in [4.78, 5) is 5.59. The first-order valence-corrected chi connectivity index (χ1v) is 7.08. The van der Waals surface area contributed by atoms with E-state index in [9.17, 15) is 0 Å². The van der Waals surface area contributed by atoms with E-state index in [4.69, 9.17) is 20.4 Å². The Morgan fingerprint density at radius 1 is 1.33 bits per heavy atom. The molecular weight excluding hydrogens is 290 g/mol. The van der Waals surface area contributed by atoms with Gasteiger partial charge in [-0.3, -0.25) is 0 Å². The number of aryl methyl sites for hydroxylation is 2. The van der Waals surface area contributed by atoms with Crippen molar-refractivity contribution < 1.29 is 14.7 Å². The topological polar surface area (TPSA) is 90.0 Å². The van der Waals surface area contributed by atoms with Gasteiger partial charge in [0, 0.05) is 16.5 Å². The molecule has 2 aromatic rings. The Morgan fingerprint density at radius 3 is 2.62 bits per heavy atom. The summed E-state index contributed by atoms with van der Waals surface area (Å²) in [6.07, 6.45) is 0. The Bertz CT molecular complexity index is 648. The van der Waals surface area contributed by atoms with Gasteiger partial charge in [0.05, 0.1) is 12.8 Å². The van der Waals surface area contributed by atoms with Gasteiger partial charge in [0.1, 0.15) is 23.1 Å². The Hall–Kier alpha value is -2.28. The summed E-state index contributed by atoms with van der Waals surface area (Å²) in [6.45, 7) is 4.36. The normalized spacial score (nSPS) is 11.5. The molecule has 1 aromatic carbocycles. The van der Waals surface area contributed by atoms with Crippen molar-refractivity contribution in [3.8, 4) is 11.5 Å². The molecule has 1 heterocycles. The third kappa shape index (κ3) is 3.63. The number of ether oxygens (including phenoxy) is 2. The highest BCUT2D eigenvalue weighted by Crippen LogP contribution is 2.24. The summed E-state index contributed by atoms with van der Waals surface area (Å²) in [7, 11) is 1.54. The molecule has 0 aliphatic rings. The van der Waals surface area contributed by atoms with Gasteiger partial charge in [0.25, 0.3) is 0 Å². The molecule has 6 nitrogen and oxygen atoms in total. The molecule has 0 radical (unpaired) electrons. The van der Waals surface area contributed by atoms with Crippen LogP contribution in [-0.2, 0) is 6.61 Å². The van der Waals surface area contributed by atoms with Gasteiger partial charge in [-0.25, -0.2) is 4.98 Å². The van der Waals surface area contributed by atoms with E-state index in [-0.39, 0.29) is 5.84 Å². The third-order valence-electron chi connectivity index (χ3n) is 2.95. The molecule has 3 N–H and O–H groups in total. The number of hydrogen-bond acceptors (Lipinski definition) is 6. The molecular formula is C14H17N3O3S. The second kappa shape index (κ2) is 6.45. The molecule has 0 aliphatic heterocycles. The van der Waals surface area contributed by atoms with Crippen LogP contribution in [0.1, 0.15) is 21.1 Å². The SMILES string of the molecule is COc1cc(OCc2nc(C)c(C)s2)cc(/C(N)=N/O)c1. The van der Waals surface area contributed by atoms with Crippen LogP contribution >= 0.6 is 11.3 Å². The molecule has 0 atom stereocenters. The first kappa shape index (κ1) is 15.1. The van der Waals surface area contributed by atoms with Crippen molar-refractivity contribution in [2.45, 2.75) is 20.5 Å². The number of amidine groups is 1. The minimum absolute atomic E-state index is 0.000289. The lowest BCUT2D eigenvalue weighted by Gasteiger charge is -2.09. The van der Waals surface area contributed by atoms with Crippen molar-refractivity contribution in [2.24, 2.45) is 10.9 Å². The maximum Gasteiger partial charge on any atom is 0.170 e. The van der Waals surface area contributed by atoms with Crippen LogP contribution in [0.25, 0.3) is 0 Å². The molecule has 1 aromatic heterocycles. The van der Waals surface area contributed by atoms with Crippen molar-refractivity contribution in [1.82, 2.24) is 4.98 Å². The van der Waals surface area contributed by atoms with E-state index in [1.54, 1.807) is 36.6 Å². The van der Waals surface area contributed by atoms with Crippen molar-refractivity contribution in [3.63, 3.8) is 0 Å². The average molecular weight is 307 g/mol. The van der Waals surface area contributed by atoms with Crippen LogP contribution in [0.3, 0.4) is 0 Å².